The number of amides is 1. The number of benzene rings is 1. The van der Waals surface area contributed by atoms with E-state index in [4.69, 9.17) is 4.74 Å². The normalized spacial score (nSPS) is 23.7. The number of halogens is 1. The fraction of sp³-hybridized carbons (Fsp3) is 0.462. The summed E-state index contributed by atoms with van der Waals surface area (Å²) >= 11 is 0. The number of hydrogen-bond donors (Lipinski definition) is 1. The van der Waals surface area contributed by atoms with E-state index >= 15 is 0 Å². The zero-order valence-corrected chi connectivity index (χ0v) is 10.00. The van der Waals surface area contributed by atoms with Crippen LogP contribution in [0.5, 0.6) is 0 Å². The zero-order valence-electron chi connectivity index (χ0n) is 10.00. The molecule has 1 N–H and O–H groups in total. The van der Waals surface area contributed by atoms with Crippen LogP contribution >= 0.6 is 0 Å². The predicted molar refractivity (Wildman–Crippen MR) is 62.4 cm³/mol. The summed E-state index contributed by atoms with van der Waals surface area (Å²) in [6.07, 6.45) is 0.868. The van der Waals surface area contributed by atoms with Crippen molar-refractivity contribution < 1.29 is 13.9 Å². The molecule has 0 bridgehead atoms. The lowest BCUT2D eigenvalue weighted by Crippen LogP contribution is -2.39. The van der Waals surface area contributed by atoms with Gasteiger partial charge in [-0.3, -0.25) is 4.79 Å². The van der Waals surface area contributed by atoms with Crippen molar-refractivity contribution >= 4 is 5.91 Å². The van der Waals surface area contributed by atoms with Gasteiger partial charge in [0.25, 0.3) is 5.91 Å². The van der Waals surface area contributed by atoms with Gasteiger partial charge in [0.15, 0.2) is 0 Å². The molecule has 1 saturated heterocycles. The summed E-state index contributed by atoms with van der Waals surface area (Å²) in [6.45, 7) is 4.34. The maximum absolute atomic E-state index is 12.9. The van der Waals surface area contributed by atoms with E-state index in [2.05, 4.69) is 5.32 Å². The molecule has 0 aromatic heterocycles. The molecule has 0 spiro atoms. The Morgan fingerprint density at radius 1 is 1.53 bits per heavy atom. The molecule has 2 atom stereocenters. The monoisotopic (exact) mass is 237 g/mol. The third-order valence-electron chi connectivity index (χ3n) is 3.13. The van der Waals surface area contributed by atoms with Gasteiger partial charge in [-0.25, -0.2) is 4.39 Å². The Morgan fingerprint density at radius 3 is 2.88 bits per heavy atom. The van der Waals surface area contributed by atoms with E-state index < -0.39 is 0 Å². The van der Waals surface area contributed by atoms with Crippen molar-refractivity contribution in [3.05, 3.63) is 35.1 Å². The van der Waals surface area contributed by atoms with Gasteiger partial charge in [-0.15, -0.1) is 0 Å². The number of nitrogens with one attached hydrogen (secondary N) is 1. The first kappa shape index (κ1) is 12.0. The lowest BCUT2D eigenvalue weighted by Gasteiger charge is -2.16. The first-order valence-corrected chi connectivity index (χ1v) is 5.76. The molecule has 0 aliphatic carbocycles. The Balaban J connectivity index is 2.09. The molecule has 1 fully saturated rings. The molecule has 1 aromatic carbocycles. The minimum atomic E-state index is -0.323. The Bertz CT molecular complexity index is 433. The maximum atomic E-state index is 12.9. The summed E-state index contributed by atoms with van der Waals surface area (Å²) in [7, 11) is 0. The van der Waals surface area contributed by atoms with Crippen molar-refractivity contribution in [3.8, 4) is 0 Å². The summed E-state index contributed by atoms with van der Waals surface area (Å²) in [4.78, 5) is 12.0. The van der Waals surface area contributed by atoms with E-state index in [1.807, 2.05) is 6.92 Å². The van der Waals surface area contributed by atoms with Crippen LogP contribution in [-0.2, 0) is 4.74 Å². The number of ether oxygens (including phenoxy) is 1. The van der Waals surface area contributed by atoms with Crippen LogP contribution in [0.25, 0.3) is 0 Å². The molecule has 17 heavy (non-hydrogen) atoms. The second-order valence-electron chi connectivity index (χ2n) is 4.40. The zero-order chi connectivity index (χ0) is 12.4. The van der Waals surface area contributed by atoms with E-state index in [1.54, 1.807) is 6.92 Å². The molecule has 2 unspecified atom stereocenters. The van der Waals surface area contributed by atoms with Crippen LogP contribution in [0.1, 0.15) is 29.3 Å². The molecule has 2 rings (SSSR count). The van der Waals surface area contributed by atoms with E-state index in [1.165, 1.54) is 18.2 Å². The van der Waals surface area contributed by atoms with Gasteiger partial charge in [0.1, 0.15) is 5.82 Å². The molecule has 92 valence electrons. The summed E-state index contributed by atoms with van der Waals surface area (Å²) < 4.78 is 18.3. The average molecular weight is 237 g/mol. The summed E-state index contributed by atoms with van der Waals surface area (Å²) in [5.41, 5.74) is 1.17. The van der Waals surface area contributed by atoms with Gasteiger partial charge in [-0.05, 0) is 44.0 Å². The Kier molecular flexibility index (Phi) is 3.43. The molecular formula is C13H16FNO2. The van der Waals surface area contributed by atoms with Crippen LogP contribution in [0.2, 0.25) is 0 Å². The smallest absolute Gasteiger partial charge is 0.251 e. The van der Waals surface area contributed by atoms with Gasteiger partial charge in [-0.1, -0.05) is 0 Å². The molecule has 0 radical (unpaired) electrons. The Hall–Kier alpha value is -1.42. The fourth-order valence-corrected chi connectivity index (χ4v) is 2.05. The Labute approximate surface area is 100.0 Å². The third kappa shape index (κ3) is 2.64. The van der Waals surface area contributed by atoms with Crippen molar-refractivity contribution in [1.29, 1.82) is 0 Å². The average Bonchev–Trinajstić information content (AvgIpc) is 2.64. The standard InChI is InChI=1S/C13H16FNO2/c1-8-7-10(14)3-4-11(8)13(16)15-12-5-6-17-9(12)2/h3-4,7,9,12H,5-6H2,1-2H3,(H,15,16). The van der Waals surface area contributed by atoms with E-state index in [0.717, 1.165) is 6.42 Å². The quantitative estimate of drug-likeness (QED) is 0.854. The second-order valence-corrected chi connectivity index (χ2v) is 4.40. The lowest BCUT2D eigenvalue weighted by atomic mass is 10.1. The molecular weight excluding hydrogens is 221 g/mol. The van der Waals surface area contributed by atoms with Gasteiger partial charge >= 0.3 is 0 Å². The molecule has 1 heterocycles. The van der Waals surface area contributed by atoms with Gasteiger partial charge in [0.2, 0.25) is 0 Å². The number of carbonyl (C=O) groups excluding carboxylic acids is 1. The minimum absolute atomic E-state index is 0.0414. The molecule has 1 aliphatic rings. The third-order valence-corrected chi connectivity index (χ3v) is 3.13. The summed E-state index contributed by atoms with van der Waals surface area (Å²) in [5, 5.41) is 2.92. The largest absolute Gasteiger partial charge is 0.376 e. The van der Waals surface area contributed by atoms with Crippen LogP contribution in [0.15, 0.2) is 18.2 Å². The fourth-order valence-electron chi connectivity index (χ4n) is 2.05. The highest BCUT2D eigenvalue weighted by Crippen LogP contribution is 2.15. The topological polar surface area (TPSA) is 38.3 Å². The lowest BCUT2D eigenvalue weighted by molar-refractivity contribution is 0.0865. The van der Waals surface area contributed by atoms with Crippen LogP contribution in [0.4, 0.5) is 4.39 Å². The van der Waals surface area contributed by atoms with E-state index in [0.29, 0.717) is 17.7 Å². The highest BCUT2D eigenvalue weighted by molar-refractivity contribution is 5.95. The molecule has 0 saturated carbocycles. The number of aryl methyl sites for hydroxylation is 1. The van der Waals surface area contributed by atoms with Crippen molar-refractivity contribution in [2.45, 2.75) is 32.4 Å². The first-order chi connectivity index (χ1) is 8.08. The van der Waals surface area contributed by atoms with E-state index in [-0.39, 0.29) is 23.9 Å². The van der Waals surface area contributed by atoms with Crippen molar-refractivity contribution in [3.63, 3.8) is 0 Å². The number of carbonyl (C=O) groups is 1. The minimum Gasteiger partial charge on any atom is -0.376 e. The van der Waals surface area contributed by atoms with Crippen LogP contribution in [-0.4, -0.2) is 24.7 Å². The van der Waals surface area contributed by atoms with Gasteiger partial charge in [-0.2, -0.15) is 0 Å². The SMILES string of the molecule is Cc1cc(F)ccc1C(=O)NC1CCOC1C. The van der Waals surface area contributed by atoms with Gasteiger partial charge < -0.3 is 10.1 Å². The van der Waals surface area contributed by atoms with E-state index in [9.17, 15) is 9.18 Å². The van der Waals surface area contributed by atoms with Crippen LogP contribution in [0, 0.1) is 12.7 Å². The Morgan fingerprint density at radius 2 is 2.29 bits per heavy atom. The summed E-state index contributed by atoms with van der Waals surface area (Å²) in [6, 6.07) is 4.23. The molecule has 4 heteroatoms. The van der Waals surface area contributed by atoms with Crippen molar-refractivity contribution in [1.82, 2.24) is 5.32 Å². The van der Waals surface area contributed by atoms with Gasteiger partial charge in [0, 0.05) is 12.2 Å². The molecule has 1 aliphatic heterocycles. The molecule has 1 aromatic rings. The molecule has 1 amide bonds. The van der Waals surface area contributed by atoms with Crippen LogP contribution < -0.4 is 5.32 Å². The summed E-state index contributed by atoms with van der Waals surface area (Å²) in [5.74, 6) is -0.485. The van der Waals surface area contributed by atoms with Crippen LogP contribution in [0.3, 0.4) is 0 Å². The highest BCUT2D eigenvalue weighted by atomic mass is 19.1. The second kappa shape index (κ2) is 4.84. The maximum Gasteiger partial charge on any atom is 0.251 e. The highest BCUT2D eigenvalue weighted by Gasteiger charge is 2.26. The molecule has 3 nitrogen and oxygen atoms in total. The first-order valence-electron chi connectivity index (χ1n) is 5.76. The van der Waals surface area contributed by atoms with Gasteiger partial charge in [0.05, 0.1) is 12.1 Å². The van der Waals surface area contributed by atoms with Crippen molar-refractivity contribution in [2.75, 3.05) is 6.61 Å². The number of hydrogen-bond acceptors (Lipinski definition) is 2. The number of rotatable bonds is 2. The van der Waals surface area contributed by atoms with Crippen molar-refractivity contribution in [2.24, 2.45) is 0 Å². The predicted octanol–water partition coefficient (Wildman–Crippen LogP) is 2.04.